The van der Waals surface area contributed by atoms with Gasteiger partial charge in [-0.05, 0) is 19.9 Å². The predicted molar refractivity (Wildman–Crippen MR) is 96.4 cm³/mol. The molecule has 0 saturated carbocycles. The van der Waals surface area contributed by atoms with E-state index in [9.17, 15) is 4.79 Å². The summed E-state index contributed by atoms with van der Waals surface area (Å²) in [5, 5.41) is 2.84. The molecular formula is C18H23N5O3. The Balaban J connectivity index is 1.63. The number of hydrogen-bond acceptors (Lipinski definition) is 7. The molecule has 0 aliphatic carbocycles. The summed E-state index contributed by atoms with van der Waals surface area (Å²) in [6, 6.07) is 5.31. The van der Waals surface area contributed by atoms with Crippen molar-refractivity contribution in [1.29, 1.82) is 0 Å². The number of anilines is 1. The number of carbonyl (C=O) groups is 1. The van der Waals surface area contributed by atoms with Gasteiger partial charge in [-0.2, -0.15) is 0 Å². The number of amides is 1. The zero-order chi connectivity index (χ0) is 18.4. The Labute approximate surface area is 152 Å². The SMILES string of the molecule is CCOc1ccc(C(=O)NCc2nc(C)cc(N3CCOCC3)n2)cn1. The molecule has 138 valence electrons. The Morgan fingerprint density at radius 2 is 2.12 bits per heavy atom. The lowest BCUT2D eigenvalue weighted by molar-refractivity contribution is 0.0949. The molecule has 0 bridgehead atoms. The number of aromatic nitrogens is 3. The van der Waals surface area contributed by atoms with Crippen molar-refractivity contribution in [2.75, 3.05) is 37.8 Å². The van der Waals surface area contributed by atoms with Gasteiger partial charge in [-0.25, -0.2) is 15.0 Å². The minimum absolute atomic E-state index is 0.224. The molecule has 2 aromatic heterocycles. The third-order valence-corrected chi connectivity index (χ3v) is 3.92. The number of nitrogens with zero attached hydrogens (tertiary/aromatic N) is 4. The fraction of sp³-hybridized carbons (Fsp3) is 0.444. The van der Waals surface area contributed by atoms with Crippen LogP contribution in [-0.4, -0.2) is 53.8 Å². The van der Waals surface area contributed by atoms with E-state index in [2.05, 4.69) is 25.2 Å². The van der Waals surface area contributed by atoms with Crippen LogP contribution in [0, 0.1) is 6.92 Å². The van der Waals surface area contributed by atoms with Gasteiger partial charge in [0.1, 0.15) is 11.6 Å². The van der Waals surface area contributed by atoms with Crippen LogP contribution >= 0.6 is 0 Å². The van der Waals surface area contributed by atoms with Gasteiger partial charge < -0.3 is 19.7 Å². The molecule has 1 saturated heterocycles. The summed E-state index contributed by atoms with van der Waals surface area (Å²) in [5.74, 6) is 1.73. The van der Waals surface area contributed by atoms with Gasteiger partial charge in [-0.1, -0.05) is 0 Å². The Kier molecular flexibility index (Phi) is 5.96. The van der Waals surface area contributed by atoms with Crippen molar-refractivity contribution in [1.82, 2.24) is 20.3 Å². The third kappa shape index (κ3) is 4.66. The number of aryl methyl sites for hydroxylation is 1. The average Bonchev–Trinajstić information content (AvgIpc) is 2.67. The van der Waals surface area contributed by atoms with Gasteiger partial charge in [0, 0.05) is 37.1 Å². The number of nitrogens with one attached hydrogen (secondary N) is 1. The molecule has 3 rings (SSSR count). The summed E-state index contributed by atoms with van der Waals surface area (Å²) < 4.78 is 10.7. The summed E-state index contributed by atoms with van der Waals surface area (Å²) in [7, 11) is 0. The van der Waals surface area contributed by atoms with Crippen LogP contribution in [0.5, 0.6) is 5.88 Å². The number of ether oxygens (including phenoxy) is 2. The predicted octanol–water partition coefficient (Wildman–Crippen LogP) is 1.35. The standard InChI is InChI=1S/C18H23N5O3/c1-3-26-17-5-4-14(11-19-17)18(24)20-12-15-21-13(2)10-16(22-15)23-6-8-25-9-7-23/h4-5,10-11H,3,6-9,12H2,1-2H3,(H,20,24). The van der Waals surface area contributed by atoms with E-state index < -0.39 is 0 Å². The van der Waals surface area contributed by atoms with E-state index in [0.29, 0.717) is 37.1 Å². The summed E-state index contributed by atoms with van der Waals surface area (Å²) in [5.41, 5.74) is 1.34. The summed E-state index contributed by atoms with van der Waals surface area (Å²) in [4.78, 5) is 27.5. The van der Waals surface area contributed by atoms with Crippen LogP contribution in [0.4, 0.5) is 5.82 Å². The van der Waals surface area contributed by atoms with Crippen molar-refractivity contribution >= 4 is 11.7 Å². The van der Waals surface area contributed by atoms with Crippen LogP contribution in [0.25, 0.3) is 0 Å². The molecule has 26 heavy (non-hydrogen) atoms. The molecule has 1 fully saturated rings. The van der Waals surface area contributed by atoms with Crippen LogP contribution < -0.4 is 15.0 Å². The topological polar surface area (TPSA) is 89.5 Å². The summed E-state index contributed by atoms with van der Waals surface area (Å²) in [6.07, 6.45) is 1.50. The van der Waals surface area contributed by atoms with E-state index in [1.165, 1.54) is 6.20 Å². The van der Waals surface area contributed by atoms with Crippen LogP contribution in [0.1, 0.15) is 28.8 Å². The second-order valence-electron chi connectivity index (χ2n) is 5.88. The fourth-order valence-electron chi connectivity index (χ4n) is 2.65. The van der Waals surface area contributed by atoms with E-state index in [0.717, 1.165) is 24.6 Å². The fourth-order valence-corrected chi connectivity index (χ4v) is 2.65. The highest BCUT2D eigenvalue weighted by molar-refractivity contribution is 5.93. The maximum Gasteiger partial charge on any atom is 0.253 e. The molecule has 1 aliphatic heterocycles. The lowest BCUT2D eigenvalue weighted by Gasteiger charge is -2.28. The van der Waals surface area contributed by atoms with Crippen LogP contribution in [0.15, 0.2) is 24.4 Å². The quantitative estimate of drug-likeness (QED) is 0.834. The van der Waals surface area contributed by atoms with Crippen molar-refractivity contribution in [2.24, 2.45) is 0 Å². The van der Waals surface area contributed by atoms with Crippen LogP contribution in [-0.2, 0) is 11.3 Å². The average molecular weight is 357 g/mol. The molecular weight excluding hydrogens is 334 g/mol. The lowest BCUT2D eigenvalue weighted by Crippen LogP contribution is -2.37. The summed E-state index contributed by atoms with van der Waals surface area (Å²) in [6.45, 7) is 7.60. The van der Waals surface area contributed by atoms with E-state index in [4.69, 9.17) is 9.47 Å². The molecule has 8 heteroatoms. The van der Waals surface area contributed by atoms with Gasteiger partial charge in [-0.3, -0.25) is 4.79 Å². The van der Waals surface area contributed by atoms with Gasteiger partial charge >= 0.3 is 0 Å². The molecule has 0 spiro atoms. The molecule has 8 nitrogen and oxygen atoms in total. The molecule has 0 atom stereocenters. The molecule has 0 aromatic carbocycles. The van der Waals surface area contributed by atoms with E-state index in [-0.39, 0.29) is 12.5 Å². The molecule has 0 unspecified atom stereocenters. The number of pyridine rings is 1. The maximum atomic E-state index is 12.3. The highest BCUT2D eigenvalue weighted by atomic mass is 16.5. The molecule has 3 heterocycles. The Bertz CT molecular complexity index is 745. The highest BCUT2D eigenvalue weighted by Gasteiger charge is 2.15. The molecule has 1 N–H and O–H groups in total. The van der Waals surface area contributed by atoms with E-state index in [1.54, 1.807) is 12.1 Å². The highest BCUT2D eigenvalue weighted by Crippen LogP contribution is 2.14. The maximum absolute atomic E-state index is 12.3. The van der Waals surface area contributed by atoms with Crippen molar-refractivity contribution in [3.63, 3.8) is 0 Å². The Hall–Kier alpha value is -2.74. The number of carbonyl (C=O) groups excluding carboxylic acids is 1. The first-order chi connectivity index (χ1) is 12.7. The van der Waals surface area contributed by atoms with E-state index in [1.807, 2.05) is 19.9 Å². The second-order valence-corrected chi connectivity index (χ2v) is 5.88. The zero-order valence-corrected chi connectivity index (χ0v) is 15.1. The summed E-state index contributed by atoms with van der Waals surface area (Å²) >= 11 is 0. The minimum atomic E-state index is -0.224. The van der Waals surface area contributed by atoms with Gasteiger partial charge in [0.25, 0.3) is 5.91 Å². The first kappa shape index (κ1) is 18.1. The molecule has 1 amide bonds. The van der Waals surface area contributed by atoms with Crippen molar-refractivity contribution in [3.8, 4) is 5.88 Å². The minimum Gasteiger partial charge on any atom is -0.478 e. The first-order valence-corrected chi connectivity index (χ1v) is 8.70. The van der Waals surface area contributed by atoms with Gasteiger partial charge in [0.2, 0.25) is 5.88 Å². The Morgan fingerprint density at radius 1 is 1.31 bits per heavy atom. The molecule has 0 radical (unpaired) electrons. The number of hydrogen-bond donors (Lipinski definition) is 1. The van der Waals surface area contributed by atoms with Crippen molar-refractivity contribution in [2.45, 2.75) is 20.4 Å². The lowest BCUT2D eigenvalue weighted by atomic mass is 10.2. The normalized spacial score (nSPS) is 14.2. The van der Waals surface area contributed by atoms with Crippen molar-refractivity contribution in [3.05, 3.63) is 41.5 Å². The van der Waals surface area contributed by atoms with E-state index >= 15 is 0 Å². The van der Waals surface area contributed by atoms with Gasteiger partial charge in [-0.15, -0.1) is 0 Å². The van der Waals surface area contributed by atoms with Crippen molar-refractivity contribution < 1.29 is 14.3 Å². The Morgan fingerprint density at radius 3 is 2.81 bits per heavy atom. The first-order valence-electron chi connectivity index (χ1n) is 8.70. The van der Waals surface area contributed by atoms with Gasteiger partial charge in [0.05, 0.1) is 31.9 Å². The smallest absolute Gasteiger partial charge is 0.253 e. The second kappa shape index (κ2) is 8.57. The third-order valence-electron chi connectivity index (χ3n) is 3.92. The van der Waals surface area contributed by atoms with Crippen LogP contribution in [0.3, 0.4) is 0 Å². The van der Waals surface area contributed by atoms with Crippen LogP contribution in [0.2, 0.25) is 0 Å². The molecule has 1 aliphatic rings. The monoisotopic (exact) mass is 357 g/mol. The largest absolute Gasteiger partial charge is 0.478 e. The molecule has 2 aromatic rings. The number of rotatable bonds is 6. The number of morpholine rings is 1. The van der Waals surface area contributed by atoms with Gasteiger partial charge in [0.15, 0.2) is 0 Å². The zero-order valence-electron chi connectivity index (χ0n) is 15.1.